The quantitative estimate of drug-likeness (QED) is 0.132. The van der Waals surface area contributed by atoms with Crippen LogP contribution < -0.4 is 10.6 Å². The maximum atomic E-state index is 13.0. The topological polar surface area (TPSA) is 127 Å². The predicted molar refractivity (Wildman–Crippen MR) is 213 cm³/mol. The van der Waals surface area contributed by atoms with Crippen LogP contribution in [0.2, 0.25) is 0 Å². The number of rotatable bonds is 10. The fourth-order valence-corrected chi connectivity index (χ4v) is 6.55. The third-order valence-corrected chi connectivity index (χ3v) is 9.91. The van der Waals surface area contributed by atoms with E-state index >= 15 is 0 Å². The smallest absolute Gasteiger partial charge is 0.212 e. The number of benzene rings is 2. The standard InChI is InChI=1S/C12H8F2N2O2S.C12H10N2OS.2C8H9N.C2H6/c13-8-3-9(14)5-11(4-8)19(18)10-1-2-12(15-6-10)16-7-17;15-9-14-12-7-6-11(8-13-12)16-10-4-2-1-3-5-10;2*1-2-8(6-9-5-1)7-3-4-7;1-2/h1-7H,(H,15,16,17);1-9H,(H,13,14,15);2*1-2,5-7H,3-4H2;1-2H3. The fourth-order valence-electron chi connectivity index (χ4n) is 4.69. The third kappa shape index (κ3) is 15.3. The maximum Gasteiger partial charge on any atom is 0.212 e. The number of amides is 2. The van der Waals surface area contributed by atoms with Crippen LogP contribution >= 0.6 is 11.8 Å². The number of carbonyl (C=O) groups is 2. The van der Waals surface area contributed by atoms with Crippen molar-refractivity contribution in [3.8, 4) is 0 Å². The molecule has 1 atom stereocenters. The van der Waals surface area contributed by atoms with Gasteiger partial charge in [0.1, 0.15) is 23.3 Å². The summed E-state index contributed by atoms with van der Waals surface area (Å²) in [5.41, 5.74) is 2.83. The lowest BCUT2D eigenvalue weighted by atomic mass is 10.2. The number of pyridine rings is 4. The van der Waals surface area contributed by atoms with Crippen molar-refractivity contribution in [1.29, 1.82) is 0 Å². The zero-order chi connectivity index (χ0) is 39.3. The molecule has 8 rings (SSSR count). The molecule has 0 aliphatic heterocycles. The molecule has 4 aromatic heterocycles. The third-order valence-electron chi connectivity index (χ3n) is 7.60. The minimum Gasteiger partial charge on any atom is -0.313 e. The first-order valence-electron chi connectivity index (χ1n) is 17.6. The van der Waals surface area contributed by atoms with Crippen molar-refractivity contribution in [3.05, 3.63) is 157 Å². The minimum atomic E-state index is -1.74. The SMILES string of the molecule is CC.O=CNc1ccc(S(=O)c2cc(F)cc(F)c2)cn1.O=CNc1ccc(Sc2ccccc2)cn1.c1cncc(C2CC2)c1.c1cncc(C2CC2)c1. The van der Waals surface area contributed by atoms with Gasteiger partial charge in [-0.3, -0.25) is 19.6 Å². The summed E-state index contributed by atoms with van der Waals surface area (Å²) in [6.07, 6.45) is 17.1. The number of aromatic nitrogens is 4. The zero-order valence-electron chi connectivity index (χ0n) is 30.4. The highest BCUT2D eigenvalue weighted by Gasteiger charge is 2.23. The van der Waals surface area contributed by atoms with E-state index in [-0.39, 0.29) is 9.79 Å². The van der Waals surface area contributed by atoms with E-state index in [0.29, 0.717) is 30.5 Å². The van der Waals surface area contributed by atoms with E-state index in [1.807, 2.05) is 87.2 Å². The number of nitrogens with one attached hydrogen (secondary N) is 2. The van der Waals surface area contributed by atoms with Gasteiger partial charge in [0.15, 0.2) is 0 Å². The summed E-state index contributed by atoms with van der Waals surface area (Å²) in [4.78, 5) is 38.9. The Hall–Kier alpha value is -5.66. The van der Waals surface area contributed by atoms with Gasteiger partial charge in [0.05, 0.1) is 15.7 Å². The molecule has 2 fully saturated rings. The Balaban J connectivity index is 0.000000168. The Morgan fingerprint density at radius 3 is 1.56 bits per heavy atom. The van der Waals surface area contributed by atoms with E-state index < -0.39 is 22.4 Å². The van der Waals surface area contributed by atoms with Crippen LogP contribution in [0.1, 0.15) is 62.5 Å². The van der Waals surface area contributed by atoms with E-state index in [2.05, 4.69) is 42.7 Å². The molecule has 0 bridgehead atoms. The highest BCUT2D eigenvalue weighted by molar-refractivity contribution is 7.99. The van der Waals surface area contributed by atoms with Gasteiger partial charge < -0.3 is 10.6 Å². The monoisotopic (exact) mass is 780 g/mol. The summed E-state index contributed by atoms with van der Waals surface area (Å²) < 4.78 is 38.1. The second-order valence-electron chi connectivity index (χ2n) is 11.7. The summed E-state index contributed by atoms with van der Waals surface area (Å²) >= 11 is 1.64. The Morgan fingerprint density at radius 1 is 0.618 bits per heavy atom. The fraction of sp³-hybridized carbons (Fsp3) is 0.190. The predicted octanol–water partition coefficient (Wildman–Crippen LogP) is 9.84. The molecule has 6 aromatic rings. The van der Waals surface area contributed by atoms with E-state index in [1.165, 1.54) is 60.0 Å². The van der Waals surface area contributed by atoms with E-state index in [4.69, 9.17) is 0 Å². The number of nitrogens with zero attached hydrogens (tertiary/aromatic N) is 4. The van der Waals surface area contributed by atoms with E-state index in [9.17, 15) is 22.6 Å². The molecule has 2 saturated carbocycles. The summed E-state index contributed by atoms with van der Waals surface area (Å²) in [7, 11) is -1.74. The molecule has 1 unspecified atom stereocenters. The molecule has 9 nitrogen and oxygen atoms in total. The number of hydrogen-bond acceptors (Lipinski definition) is 8. The van der Waals surface area contributed by atoms with Crippen LogP contribution in [-0.4, -0.2) is 37.0 Å². The molecule has 0 radical (unpaired) electrons. The molecule has 2 aliphatic rings. The highest BCUT2D eigenvalue weighted by Crippen LogP contribution is 2.40. The van der Waals surface area contributed by atoms with Crippen molar-refractivity contribution in [2.75, 3.05) is 10.6 Å². The molecule has 2 amide bonds. The first-order chi connectivity index (χ1) is 26.9. The minimum absolute atomic E-state index is 0.00963. The molecular weight excluding hydrogens is 739 g/mol. The molecular formula is C42H42F2N6O3S2. The van der Waals surface area contributed by atoms with Crippen LogP contribution in [0.3, 0.4) is 0 Å². The van der Waals surface area contributed by atoms with Crippen LogP contribution in [-0.2, 0) is 20.4 Å². The average molecular weight is 781 g/mol. The summed E-state index contributed by atoms with van der Waals surface area (Å²) in [6.45, 7) is 4.00. The largest absolute Gasteiger partial charge is 0.313 e. The van der Waals surface area contributed by atoms with Gasteiger partial charge in [0.2, 0.25) is 12.8 Å². The van der Waals surface area contributed by atoms with Crippen LogP contribution in [0.5, 0.6) is 0 Å². The normalized spacial score (nSPS) is 12.9. The van der Waals surface area contributed by atoms with Crippen molar-refractivity contribution in [2.24, 2.45) is 0 Å². The van der Waals surface area contributed by atoms with Gasteiger partial charge in [-0.15, -0.1) is 0 Å². The maximum absolute atomic E-state index is 13.0. The van der Waals surface area contributed by atoms with E-state index in [1.54, 1.807) is 24.0 Å². The molecule has 0 spiro atoms. The second-order valence-corrected chi connectivity index (χ2v) is 14.3. The van der Waals surface area contributed by atoms with E-state index in [0.717, 1.165) is 28.9 Å². The molecule has 4 heterocycles. The Labute approximate surface area is 327 Å². The van der Waals surface area contributed by atoms with Crippen molar-refractivity contribution in [2.45, 2.75) is 70.9 Å². The molecule has 2 N–H and O–H groups in total. The number of carbonyl (C=O) groups excluding carboxylic acids is 2. The summed E-state index contributed by atoms with van der Waals surface area (Å²) in [5.74, 6) is 0.956. The molecule has 2 aliphatic carbocycles. The van der Waals surface area contributed by atoms with Gasteiger partial charge in [0, 0.05) is 57.9 Å². The van der Waals surface area contributed by atoms with Crippen LogP contribution in [0.15, 0.2) is 154 Å². The van der Waals surface area contributed by atoms with Crippen molar-refractivity contribution in [1.82, 2.24) is 19.9 Å². The number of anilines is 2. The van der Waals surface area contributed by atoms with Crippen molar-refractivity contribution >= 4 is 47.0 Å². The Bertz CT molecular complexity index is 1970. The molecule has 13 heteroatoms. The first-order valence-corrected chi connectivity index (χ1v) is 19.6. The number of hydrogen-bond donors (Lipinski definition) is 2. The molecule has 0 saturated heterocycles. The van der Waals surface area contributed by atoms with Gasteiger partial charge in [0.25, 0.3) is 0 Å². The lowest BCUT2D eigenvalue weighted by Gasteiger charge is -2.04. The number of halogens is 2. The molecule has 2 aromatic carbocycles. The lowest BCUT2D eigenvalue weighted by molar-refractivity contribution is -0.106. The van der Waals surface area contributed by atoms with Gasteiger partial charge in [-0.25, -0.2) is 23.0 Å². The van der Waals surface area contributed by atoms with Gasteiger partial charge in [-0.2, -0.15) is 0 Å². The van der Waals surface area contributed by atoms with Gasteiger partial charge in [-0.05, 0) is 109 Å². The van der Waals surface area contributed by atoms with Gasteiger partial charge in [-0.1, -0.05) is 55.9 Å². The van der Waals surface area contributed by atoms with Crippen LogP contribution in [0, 0.1) is 11.6 Å². The highest BCUT2D eigenvalue weighted by atomic mass is 32.2. The summed E-state index contributed by atoms with van der Waals surface area (Å²) in [5, 5.41) is 4.82. The average Bonchev–Trinajstić information content (AvgIpc) is 4.16. The Morgan fingerprint density at radius 2 is 1.15 bits per heavy atom. The Kier molecular flexibility index (Phi) is 17.7. The first kappa shape index (κ1) is 42.1. The van der Waals surface area contributed by atoms with Crippen molar-refractivity contribution < 1.29 is 22.6 Å². The van der Waals surface area contributed by atoms with Gasteiger partial charge >= 0.3 is 0 Å². The van der Waals surface area contributed by atoms with Crippen LogP contribution in [0.25, 0.3) is 0 Å². The molecule has 55 heavy (non-hydrogen) atoms. The van der Waals surface area contributed by atoms with Crippen molar-refractivity contribution in [3.63, 3.8) is 0 Å². The lowest BCUT2D eigenvalue weighted by Crippen LogP contribution is -1.99. The van der Waals surface area contributed by atoms with Crippen LogP contribution in [0.4, 0.5) is 20.4 Å². The second kappa shape index (κ2) is 23.2. The zero-order valence-corrected chi connectivity index (χ0v) is 32.1. The summed E-state index contributed by atoms with van der Waals surface area (Å²) in [6, 6.07) is 27.7. The molecule has 284 valence electrons.